The SMILES string of the molecule is C[C@H](CCC(=O)NCC(=O)OC(C)(C)C)[C@H]1CC[C@H]2[C@@H]3[C@H](O)CC4C[C@@](O)(C(=O)CCCCCOC5CCCCO5)CC[C@]4(C)[C@H]3C[C@H](O)[C@]12C. The molecule has 1 amide bonds. The second-order valence-electron chi connectivity index (χ2n) is 18.6. The van der Waals surface area contributed by atoms with Gasteiger partial charge < -0.3 is 34.8 Å². The van der Waals surface area contributed by atoms with Crippen LogP contribution in [0.2, 0.25) is 0 Å². The molecule has 5 aliphatic rings. The summed E-state index contributed by atoms with van der Waals surface area (Å²) in [5.41, 5.74) is -2.47. The summed E-state index contributed by atoms with van der Waals surface area (Å²) in [5, 5.41) is 38.2. The summed E-state index contributed by atoms with van der Waals surface area (Å²) < 4.78 is 16.7. The smallest absolute Gasteiger partial charge is 0.325 e. The average Bonchev–Trinajstić information content (AvgIpc) is 3.43. The number of aliphatic hydroxyl groups is 3. The summed E-state index contributed by atoms with van der Waals surface area (Å²) in [6.45, 7) is 13.3. The van der Waals surface area contributed by atoms with Crippen molar-refractivity contribution < 1.29 is 43.9 Å². The average molecular weight is 720 g/mol. The number of aliphatic hydroxyl groups excluding tert-OH is 2. The fraction of sp³-hybridized carbons (Fsp3) is 0.927. The van der Waals surface area contributed by atoms with Crippen LogP contribution in [-0.4, -0.2) is 82.4 Å². The number of carbonyl (C=O) groups is 3. The molecule has 0 spiro atoms. The topological polar surface area (TPSA) is 152 Å². The molecule has 0 bridgehead atoms. The maximum Gasteiger partial charge on any atom is 0.325 e. The molecule has 0 aromatic carbocycles. The van der Waals surface area contributed by atoms with Crippen molar-refractivity contribution in [2.24, 2.45) is 46.3 Å². The number of Topliss-reactive ketones (excluding diaryl/α,β-unsaturated/α-hetero) is 1. The molecule has 12 atom stereocenters. The van der Waals surface area contributed by atoms with Crippen molar-refractivity contribution in [2.75, 3.05) is 19.8 Å². The molecule has 1 aliphatic heterocycles. The Hall–Kier alpha value is -1.59. The fourth-order valence-electron chi connectivity index (χ4n) is 11.4. The summed E-state index contributed by atoms with van der Waals surface area (Å²) in [7, 11) is 0. The third-order valence-corrected chi connectivity index (χ3v) is 14.3. The van der Waals surface area contributed by atoms with Gasteiger partial charge in [-0.2, -0.15) is 0 Å². The molecule has 5 rings (SSSR count). The molecule has 1 saturated heterocycles. The third kappa shape index (κ3) is 9.04. The molecule has 0 radical (unpaired) electrons. The maximum absolute atomic E-state index is 13.4. The van der Waals surface area contributed by atoms with Crippen molar-refractivity contribution in [1.82, 2.24) is 5.32 Å². The first-order chi connectivity index (χ1) is 24.0. The lowest BCUT2D eigenvalue weighted by Gasteiger charge is -2.64. The van der Waals surface area contributed by atoms with Crippen LogP contribution in [0.3, 0.4) is 0 Å². The van der Waals surface area contributed by atoms with E-state index in [9.17, 15) is 29.7 Å². The number of rotatable bonds is 14. The van der Waals surface area contributed by atoms with Crippen LogP contribution in [0.15, 0.2) is 0 Å². The quantitative estimate of drug-likeness (QED) is 0.128. The van der Waals surface area contributed by atoms with Gasteiger partial charge in [0.15, 0.2) is 12.1 Å². The second-order valence-corrected chi connectivity index (χ2v) is 18.6. The van der Waals surface area contributed by atoms with Crippen LogP contribution in [0.1, 0.15) is 144 Å². The first-order valence-electron chi connectivity index (χ1n) is 20.3. The Morgan fingerprint density at radius 1 is 0.961 bits per heavy atom. The van der Waals surface area contributed by atoms with Gasteiger partial charge in [0, 0.05) is 26.1 Å². The Bertz CT molecular complexity index is 1210. The standard InChI is InChI=1S/C41H69NO9/c1-26(14-17-34(46)42-25-35(47)51-38(2,3)4)28-15-16-29-37-30(23-33(45)40(28,29)6)39(5)18-19-41(48,24-27(39)22-31(37)43)32(44)12-8-7-10-20-49-36-13-9-11-21-50-36/h26-31,33,36-37,43,45,48H,7-25H2,1-6H3,(H,42,46)/t26-,27?,28-,29+,30+,31-,33+,36?,37+,39+,40-,41-/m1/s1. The van der Waals surface area contributed by atoms with Crippen molar-refractivity contribution in [3.8, 4) is 0 Å². The van der Waals surface area contributed by atoms with Crippen LogP contribution in [0, 0.1) is 46.3 Å². The van der Waals surface area contributed by atoms with E-state index >= 15 is 0 Å². The summed E-state index contributed by atoms with van der Waals surface area (Å²) in [4.78, 5) is 38.1. The van der Waals surface area contributed by atoms with Gasteiger partial charge in [0.05, 0.1) is 12.2 Å². The molecule has 1 heterocycles. The largest absolute Gasteiger partial charge is 0.459 e. The van der Waals surface area contributed by atoms with E-state index < -0.39 is 29.4 Å². The Morgan fingerprint density at radius 2 is 1.73 bits per heavy atom. The van der Waals surface area contributed by atoms with Crippen LogP contribution in [0.25, 0.3) is 0 Å². The minimum absolute atomic E-state index is 0.0206. The number of fused-ring (bicyclic) bond motifs is 5. The number of unbranched alkanes of at least 4 members (excludes halogenated alkanes) is 2. The number of amides is 1. The molecule has 2 unspecified atom stereocenters. The van der Waals surface area contributed by atoms with Gasteiger partial charge in [-0.05, 0) is 151 Å². The number of ketones is 1. The van der Waals surface area contributed by atoms with Gasteiger partial charge >= 0.3 is 5.97 Å². The molecule has 10 nitrogen and oxygen atoms in total. The molecular formula is C41H69NO9. The molecule has 0 aromatic rings. The molecule has 4 saturated carbocycles. The predicted molar refractivity (Wildman–Crippen MR) is 193 cm³/mol. The van der Waals surface area contributed by atoms with E-state index in [1.807, 2.05) is 0 Å². The van der Waals surface area contributed by atoms with Gasteiger partial charge in [0.2, 0.25) is 5.91 Å². The minimum atomic E-state index is -1.35. The van der Waals surface area contributed by atoms with Crippen LogP contribution in [-0.2, 0) is 28.6 Å². The minimum Gasteiger partial charge on any atom is -0.459 e. The lowest BCUT2D eigenvalue weighted by Crippen LogP contribution is -2.63. The molecule has 51 heavy (non-hydrogen) atoms. The van der Waals surface area contributed by atoms with E-state index in [0.717, 1.165) is 64.4 Å². The molecule has 0 aromatic heterocycles. The zero-order chi connectivity index (χ0) is 37.2. The van der Waals surface area contributed by atoms with E-state index in [-0.39, 0.29) is 70.9 Å². The zero-order valence-corrected chi connectivity index (χ0v) is 32.4. The van der Waals surface area contributed by atoms with E-state index in [1.54, 1.807) is 20.8 Å². The van der Waals surface area contributed by atoms with Crippen molar-refractivity contribution in [3.05, 3.63) is 0 Å². The number of ether oxygens (including phenoxy) is 3. The third-order valence-electron chi connectivity index (χ3n) is 14.3. The lowest BCUT2D eigenvalue weighted by atomic mass is 9.42. The van der Waals surface area contributed by atoms with Gasteiger partial charge in [-0.3, -0.25) is 14.4 Å². The van der Waals surface area contributed by atoms with Crippen LogP contribution >= 0.6 is 0 Å². The van der Waals surface area contributed by atoms with E-state index in [2.05, 4.69) is 26.1 Å². The second kappa shape index (κ2) is 16.4. The first kappa shape index (κ1) is 40.6. The van der Waals surface area contributed by atoms with Crippen molar-refractivity contribution in [1.29, 1.82) is 0 Å². The van der Waals surface area contributed by atoms with Crippen molar-refractivity contribution in [2.45, 2.75) is 174 Å². The normalized spacial score (nSPS) is 40.0. The lowest BCUT2D eigenvalue weighted by molar-refractivity contribution is -0.215. The number of nitrogens with one attached hydrogen (secondary N) is 1. The first-order valence-corrected chi connectivity index (χ1v) is 20.3. The summed E-state index contributed by atoms with van der Waals surface area (Å²) in [5.74, 6) is 0.0913. The van der Waals surface area contributed by atoms with Crippen LogP contribution < -0.4 is 5.32 Å². The van der Waals surface area contributed by atoms with E-state index in [4.69, 9.17) is 14.2 Å². The highest BCUT2D eigenvalue weighted by Gasteiger charge is 2.66. The number of hydrogen-bond donors (Lipinski definition) is 4. The molecule has 10 heteroatoms. The Kier molecular flexibility index (Phi) is 13.1. The molecular weight excluding hydrogens is 650 g/mol. The van der Waals surface area contributed by atoms with E-state index in [1.165, 1.54) is 0 Å². The Balaban J connectivity index is 1.13. The molecule has 5 fully saturated rings. The van der Waals surface area contributed by atoms with Crippen molar-refractivity contribution in [3.63, 3.8) is 0 Å². The number of hydrogen-bond acceptors (Lipinski definition) is 9. The van der Waals surface area contributed by atoms with E-state index in [0.29, 0.717) is 51.6 Å². The van der Waals surface area contributed by atoms with Gasteiger partial charge in [-0.15, -0.1) is 0 Å². The van der Waals surface area contributed by atoms with Gasteiger partial charge in [-0.25, -0.2) is 0 Å². The Morgan fingerprint density at radius 3 is 2.43 bits per heavy atom. The highest BCUT2D eigenvalue weighted by Crippen LogP contribution is 2.69. The van der Waals surface area contributed by atoms with Crippen LogP contribution in [0.5, 0.6) is 0 Å². The summed E-state index contributed by atoms with van der Waals surface area (Å²) >= 11 is 0. The molecule has 292 valence electrons. The fourth-order valence-corrected chi connectivity index (χ4v) is 11.4. The maximum atomic E-state index is 13.4. The number of carbonyl (C=O) groups excluding carboxylic acids is 3. The summed E-state index contributed by atoms with van der Waals surface area (Å²) in [6, 6.07) is 0. The predicted octanol–water partition coefficient (Wildman–Crippen LogP) is 5.86. The van der Waals surface area contributed by atoms with Crippen molar-refractivity contribution >= 4 is 17.7 Å². The molecule has 4 aliphatic carbocycles. The van der Waals surface area contributed by atoms with Gasteiger partial charge in [0.25, 0.3) is 0 Å². The highest BCUT2D eigenvalue weighted by molar-refractivity contribution is 5.87. The van der Waals surface area contributed by atoms with Gasteiger partial charge in [-0.1, -0.05) is 27.2 Å². The molecule has 4 N–H and O–H groups in total. The van der Waals surface area contributed by atoms with Gasteiger partial charge in [0.1, 0.15) is 17.7 Å². The highest BCUT2D eigenvalue weighted by atomic mass is 16.7. The Labute approximate surface area is 306 Å². The summed E-state index contributed by atoms with van der Waals surface area (Å²) in [6.07, 6.45) is 10.4. The monoisotopic (exact) mass is 719 g/mol. The number of esters is 1. The zero-order valence-electron chi connectivity index (χ0n) is 32.4. The van der Waals surface area contributed by atoms with Crippen LogP contribution in [0.4, 0.5) is 0 Å².